The summed E-state index contributed by atoms with van der Waals surface area (Å²) in [6, 6.07) is 10.2. The summed E-state index contributed by atoms with van der Waals surface area (Å²) in [6.07, 6.45) is 2.51. The first-order valence-electron chi connectivity index (χ1n) is 9.88. The van der Waals surface area contributed by atoms with Gasteiger partial charge in [-0.25, -0.2) is 9.18 Å². The lowest BCUT2D eigenvalue weighted by atomic mass is 10.0. The standard InChI is InChI=1S/C24H22FNO4/c1-14-13-29-21-12-22-19(11-18(14)21)15(2)17(24(28)30-22)7-8-23(27)26-10-9-16-5-3-4-6-20(16)25/h3-6,11-13H,7-10H2,1-2H3,(H,26,27). The first-order chi connectivity index (χ1) is 14.4. The van der Waals surface area contributed by atoms with E-state index in [1.54, 1.807) is 30.5 Å². The van der Waals surface area contributed by atoms with Gasteiger partial charge in [0.25, 0.3) is 0 Å². The molecule has 0 radical (unpaired) electrons. The third-order valence-corrected chi connectivity index (χ3v) is 5.45. The summed E-state index contributed by atoms with van der Waals surface area (Å²) < 4.78 is 24.6. The molecule has 4 aromatic rings. The molecule has 30 heavy (non-hydrogen) atoms. The van der Waals surface area contributed by atoms with Gasteiger partial charge in [-0.15, -0.1) is 0 Å². The van der Waals surface area contributed by atoms with Crippen LogP contribution in [0.25, 0.3) is 21.9 Å². The fourth-order valence-electron chi connectivity index (χ4n) is 3.69. The van der Waals surface area contributed by atoms with Gasteiger partial charge < -0.3 is 14.2 Å². The first-order valence-corrected chi connectivity index (χ1v) is 9.88. The Morgan fingerprint density at radius 2 is 1.87 bits per heavy atom. The molecule has 2 heterocycles. The fourth-order valence-corrected chi connectivity index (χ4v) is 3.69. The van der Waals surface area contributed by atoms with Gasteiger partial charge in [0.1, 0.15) is 17.0 Å². The number of nitrogens with one attached hydrogen (secondary N) is 1. The van der Waals surface area contributed by atoms with Crippen molar-refractivity contribution >= 4 is 27.8 Å². The summed E-state index contributed by atoms with van der Waals surface area (Å²) in [4.78, 5) is 24.7. The van der Waals surface area contributed by atoms with E-state index >= 15 is 0 Å². The molecular formula is C24H22FNO4. The van der Waals surface area contributed by atoms with Crippen LogP contribution in [0.15, 0.2) is 56.3 Å². The van der Waals surface area contributed by atoms with Crippen LogP contribution in [0.4, 0.5) is 4.39 Å². The van der Waals surface area contributed by atoms with E-state index in [0.717, 1.165) is 21.9 Å². The van der Waals surface area contributed by atoms with E-state index in [1.165, 1.54) is 6.07 Å². The Balaban J connectivity index is 1.46. The van der Waals surface area contributed by atoms with Crippen molar-refractivity contribution in [1.82, 2.24) is 5.32 Å². The van der Waals surface area contributed by atoms with Gasteiger partial charge >= 0.3 is 5.63 Å². The van der Waals surface area contributed by atoms with E-state index in [-0.39, 0.29) is 24.6 Å². The Kier molecular flexibility index (Phi) is 5.40. The van der Waals surface area contributed by atoms with Crippen molar-refractivity contribution < 1.29 is 18.0 Å². The van der Waals surface area contributed by atoms with Crippen LogP contribution < -0.4 is 10.9 Å². The zero-order chi connectivity index (χ0) is 21.3. The van der Waals surface area contributed by atoms with Crippen molar-refractivity contribution in [2.45, 2.75) is 33.1 Å². The highest BCUT2D eigenvalue weighted by atomic mass is 19.1. The third-order valence-electron chi connectivity index (χ3n) is 5.45. The molecule has 5 nitrogen and oxygen atoms in total. The Morgan fingerprint density at radius 3 is 2.67 bits per heavy atom. The van der Waals surface area contributed by atoms with Crippen LogP contribution in [0.2, 0.25) is 0 Å². The Hall–Kier alpha value is -3.41. The van der Waals surface area contributed by atoms with Gasteiger partial charge in [-0.3, -0.25) is 4.79 Å². The number of carbonyl (C=O) groups excluding carboxylic acids is 1. The number of fused-ring (bicyclic) bond motifs is 2. The average Bonchev–Trinajstić information content (AvgIpc) is 3.08. The van der Waals surface area contributed by atoms with Crippen LogP contribution >= 0.6 is 0 Å². The lowest BCUT2D eigenvalue weighted by Gasteiger charge is -2.09. The van der Waals surface area contributed by atoms with Crippen LogP contribution in [-0.4, -0.2) is 12.5 Å². The van der Waals surface area contributed by atoms with Crippen molar-refractivity contribution in [3.8, 4) is 0 Å². The predicted octanol–water partition coefficient (Wildman–Crippen LogP) is 4.59. The molecule has 0 spiro atoms. The zero-order valence-corrected chi connectivity index (χ0v) is 16.9. The molecule has 4 rings (SSSR count). The van der Waals surface area contributed by atoms with E-state index in [4.69, 9.17) is 8.83 Å². The molecule has 0 unspecified atom stereocenters. The number of rotatable bonds is 6. The van der Waals surface area contributed by atoms with E-state index < -0.39 is 5.63 Å². The van der Waals surface area contributed by atoms with Crippen molar-refractivity contribution in [2.24, 2.45) is 0 Å². The summed E-state index contributed by atoms with van der Waals surface area (Å²) in [5.74, 6) is -0.468. The smallest absolute Gasteiger partial charge is 0.339 e. The molecular weight excluding hydrogens is 385 g/mol. The topological polar surface area (TPSA) is 72.5 Å². The van der Waals surface area contributed by atoms with Crippen LogP contribution in [0.5, 0.6) is 0 Å². The first kappa shape index (κ1) is 19.9. The SMILES string of the molecule is Cc1coc2cc3oc(=O)c(CCC(=O)NCCc4ccccc4F)c(C)c3cc12. The molecule has 0 aliphatic rings. The quantitative estimate of drug-likeness (QED) is 0.475. The molecule has 0 saturated heterocycles. The maximum Gasteiger partial charge on any atom is 0.339 e. The lowest BCUT2D eigenvalue weighted by Crippen LogP contribution is -2.26. The molecule has 0 atom stereocenters. The van der Waals surface area contributed by atoms with E-state index in [0.29, 0.717) is 35.3 Å². The van der Waals surface area contributed by atoms with Gasteiger partial charge in [-0.05, 0) is 55.5 Å². The van der Waals surface area contributed by atoms with E-state index in [2.05, 4.69) is 5.32 Å². The second-order valence-corrected chi connectivity index (χ2v) is 7.45. The monoisotopic (exact) mass is 407 g/mol. The number of amides is 1. The molecule has 0 fully saturated rings. The fraction of sp³-hybridized carbons (Fsp3) is 0.250. The maximum absolute atomic E-state index is 13.6. The molecule has 0 bridgehead atoms. The summed E-state index contributed by atoms with van der Waals surface area (Å²) in [6.45, 7) is 4.16. The Morgan fingerprint density at radius 1 is 1.07 bits per heavy atom. The van der Waals surface area contributed by atoms with Gasteiger partial charge in [0.05, 0.1) is 6.26 Å². The second-order valence-electron chi connectivity index (χ2n) is 7.45. The number of halogens is 1. The molecule has 6 heteroatoms. The zero-order valence-electron chi connectivity index (χ0n) is 16.9. The minimum atomic E-state index is -0.443. The average molecular weight is 407 g/mol. The molecule has 154 valence electrons. The highest BCUT2D eigenvalue weighted by Crippen LogP contribution is 2.29. The largest absolute Gasteiger partial charge is 0.464 e. The van der Waals surface area contributed by atoms with Gasteiger partial charge in [0.15, 0.2) is 0 Å². The molecule has 0 saturated carbocycles. The minimum Gasteiger partial charge on any atom is -0.464 e. The van der Waals surface area contributed by atoms with E-state index in [9.17, 15) is 14.0 Å². The number of furan rings is 1. The minimum absolute atomic E-state index is 0.154. The van der Waals surface area contributed by atoms with Gasteiger partial charge in [-0.2, -0.15) is 0 Å². The molecule has 0 aliphatic carbocycles. The van der Waals surface area contributed by atoms with Gasteiger partial charge in [-0.1, -0.05) is 18.2 Å². The number of hydrogen-bond donors (Lipinski definition) is 1. The summed E-state index contributed by atoms with van der Waals surface area (Å²) >= 11 is 0. The van der Waals surface area contributed by atoms with E-state index in [1.807, 2.05) is 19.9 Å². The highest BCUT2D eigenvalue weighted by Gasteiger charge is 2.15. The predicted molar refractivity (Wildman–Crippen MR) is 113 cm³/mol. The van der Waals surface area contributed by atoms with Crippen molar-refractivity contribution in [3.05, 3.63) is 81.2 Å². The highest BCUT2D eigenvalue weighted by molar-refractivity contribution is 5.96. The van der Waals surface area contributed by atoms with Crippen LogP contribution in [0.3, 0.4) is 0 Å². The van der Waals surface area contributed by atoms with Crippen LogP contribution in [0, 0.1) is 19.7 Å². The van der Waals surface area contributed by atoms with Crippen molar-refractivity contribution in [2.75, 3.05) is 6.54 Å². The third kappa shape index (κ3) is 3.85. The van der Waals surface area contributed by atoms with Gasteiger partial charge in [0, 0.05) is 35.4 Å². The number of hydrogen-bond acceptors (Lipinski definition) is 4. The number of benzene rings is 2. The van der Waals surface area contributed by atoms with Crippen LogP contribution in [-0.2, 0) is 17.6 Å². The molecule has 2 aromatic carbocycles. The van der Waals surface area contributed by atoms with Crippen molar-refractivity contribution in [3.63, 3.8) is 0 Å². The maximum atomic E-state index is 13.6. The Bertz CT molecular complexity index is 1300. The number of carbonyl (C=O) groups is 1. The van der Waals surface area contributed by atoms with Crippen molar-refractivity contribution in [1.29, 1.82) is 0 Å². The Labute approximate surface area is 172 Å². The molecule has 1 N–H and O–H groups in total. The molecule has 2 aromatic heterocycles. The normalized spacial score (nSPS) is 11.3. The lowest BCUT2D eigenvalue weighted by molar-refractivity contribution is -0.121. The molecule has 1 amide bonds. The van der Waals surface area contributed by atoms with Gasteiger partial charge in [0.2, 0.25) is 5.91 Å². The number of aryl methyl sites for hydroxylation is 2. The summed E-state index contributed by atoms with van der Waals surface area (Å²) in [7, 11) is 0. The second kappa shape index (κ2) is 8.14. The summed E-state index contributed by atoms with van der Waals surface area (Å²) in [5, 5.41) is 4.59. The molecule has 0 aliphatic heterocycles. The van der Waals surface area contributed by atoms with Crippen LogP contribution in [0.1, 0.15) is 28.7 Å². The summed E-state index contributed by atoms with van der Waals surface area (Å²) in [5.41, 5.74) is 3.57.